The third kappa shape index (κ3) is 4.19. The molecule has 21 heavy (non-hydrogen) atoms. The number of halogens is 4. The van der Waals surface area contributed by atoms with E-state index in [2.05, 4.69) is 26.0 Å². The minimum atomic E-state index is -4.73. The third-order valence-electron chi connectivity index (χ3n) is 2.53. The molecular formula is C13H11BrF3N3O. The van der Waals surface area contributed by atoms with E-state index in [1.54, 1.807) is 18.2 Å². The van der Waals surface area contributed by atoms with Crippen LogP contribution in [0.25, 0.3) is 0 Å². The molecule has 0 atom stereocenters. The van der Waals surface area contributed by atoms with Crippen molar-refractivity contribution >= 4 is 38.7 Å². The van der Waals surface area contributed by atoms with Gasteiger partial charge in [0.1, 0.15) is 5.75 Å². The number of rotatable bonds is 3. The molecule has 0 aromatic heterocycles. The van der Waals surface area contributed by atoms with Gasteiger partial charge in [0.05, 0.1) is 15.8 Å². The van der Waals surface area contributed by atoms with Crippen molar-refractivity contribution in [1.29, 1.82) is 0 Å². The Bertz CT molecular complexity index is 662. The largest absolute Gasteiger partial charge is 0.573 e. The topological polar surface area (TPSA) is 73.3 Å². The second-order valence-electron chi connectivity index (χ2n) is 4.16. The SMILES string of the molecule is Nc1ccc(Nc2ccc(OC(F)(F)F)c(Br)c2)cc1N. The Hall–Kier alpha value is -2.09. The summed E-state index contributed by atoms with van der Waals surface area (Å²) in [5, 5.41) is 3.00. The van der Waals surface area contributed by atoms with Crippen molar-refractivity contribution in [2.24, 2.45) is 0 Å². The highest BCUT2D eigenvalue weighted by Crippen LogP contribution is 2.33. The molecule has 0 fully saturated rings. The molecule has 0 bridgehead atoms. The van der Waals surface area contributed by atoms with Crippen molar-refractivity contribution < 1.29 is 17.9 Å². The lowest BCUT2D eigenvalue weighted by Gasteiger charge is -2.13. The maximum absolute atomic E-state index is 12.2. The molecule has 0 spiro atoms. The van der Waals surface area contributed by atoms with Crippen LogP contribution < -0.4 is 21.5 Å². The smallest absolute Gasteiger partial charge is 0.405 e. The van der Waals surface area contributed by atoms with Crippen LogP contribution in [0.4, 0.5) is 35.9 Å². The van der Waals surface area contributed by atoms with Gasteiger partial charge in [0, 0.05) is 11.4 Å². The van der Waals surface area contributed by atoms with E-state index in [9.17, 15) is 13.2 Å². The second-order valence-corrected chi connectivity index (χ2v) is 5.02. The van der Waals surface area contributed by atoms with E-state index in [-0.39, 0.29) is 10.2 Å². The molecular weight excluding hydrogens is 351 g/mol. The van der Waals surface area contributed by atoms with E-state index in [0.29, 0.717) is 22.7 Å². The first-order valence-corrected chi connectivity index (χ1v) is 6.51. The summed E-state index contributed by atoms with van der Waals surface area (Å²) in [5.41, 5.74) is 13.4. The molecule has 0 aliphatic rings. The van der Waals surface area contributed by atoms with Crippen molar-refractivity contribution in [3.63, 3.8) is 0 Å². The van der Waals surface area contributed by atoms with Crippen molar-refractivity contribution in [3.05, 3.63) is 40.9 Å². The number of benzene rings is 2. The van der Waals surface area contributed by atoms with Crippen molar-refractivity contribution in [1.82, 2.24) is 0 Å². The number of hydrogen-bond donors (Lipinski definition) is 3. The van der Waals surface area contributed by atoms with Gasteiger partial charge in [-0.05, 0) is 52.3 Å². The van der Waals surface area contributed by atoms with Gasteiger partial charge >= 0.3 is 6.36 Å². The molecule has 5 N–H and O–H groups in total. The fraction of sp³-hybridized carbons (Fsp3) is 0.0769. The van der Waals surface area contributed by atoms with Crippen molar-refractivity contribution in [2.75, 3.05) is 16.8 Å². The Kier molecular flexibility index (Phi) is 4.17. The van der Waals surface area contributed by atoms with E-state index in [4.69, 9.17) is 11.5 Å². The Labute approximate surface area is 127 Å². The summed E-state index contributed by atoms with van der Waals surface area (Å²) >= 11 is 3.03. The van der Waals surface area contributed by atoms with Crippen LogP contribution in [0, 0.1) is 0 Å². The molecule has 4 nitrogen and oxygen atoms in total. The van der Waals surface area contributed by atoms with Gasteiger partial charge in [-0.1, -0.05) is 0 Å². The van der Waals surface area contributed by atoms with Crippen LogP contribution in [0.2, 0.25) is 0 Å². The van der Waals surface area contributed by atoms with Crippen molar-refractivity contribution in [2.45, 2.75) is 6.36 Å². The first-order chi connectivity index (χ1) is 9.74. The van der Waals surface area contributed by atoms with Gasteiger partial charge in [-0.2, -0.15) is 0 Å². The van der Waals surface area contributed by atoms with E-state index in [1.807, 2.05) is 0 Å². The van der Waals surface area contributed by atoms with Crippen LogP contribution in [0.1, 0.15) is 0 Å². The summed E-state index contributed by atoms with van der Waals surface area (Å²) in [6.45, 7) is 0. The zero-order valence-electron chi connectivity index (χ0n) is 10.5. The highest BCUT2D eigenvalue weighted by atomic mass is 79.9. The van der Waals surface area contributed by atoms with Crippen LogP contribution in [0.15, 0.2) is 40.9 Å². The Morgan fingerprint density at radius 2 is 1.57 bits per heavy atom. The molecule has 0 aliphatic heterocycles. The molecule has 112 valence electrons. The lowest BCUT2D eigenvalue weighted by molar-refractivity contribution is -0.274. The predicted octanol–water partition coefficient (Wildman–Crippen LogP) is 4.26. The zero-order chi connectivity index (χ0) is 15.6. The summed E-state index contributed by atoms with van der Waals surface area (Å²) < 4.78 is 40.5. The number of alkyl halides is 3. The molecule has 2 aromatic carbocycles. The molecule has 0 saturated carbocycles. The van der Waals surface area contributed by atoms with Gasteiger partial charge in [-0.3, -0.25) is 0 Å². The highest BCUT2D eigenvalue weighted by Gasteiger charge is 2.31. The van der Waals surface area contributed by atoms with E-state index >= 15 is 0 Å². The Morgan fingerprint density at radius 1 is 0.952 bits per heavy atom. The van der Waals surface area contributed by atoms with E-state index in [0.717, 1.165) is 0 Å². The second kappa shape index (κ2) is 5.72. The maximum atomic E-state index is 12.2. The lowest BCUT2D eigenvalue weighted by atomic mass is 10.2. The molecule has 8 heteroatoms. The van der Waals surface area contributed by atoms with Gasteiger partial charge in [0.25, 0.3) is 0 Å². The number of nitrogens with one attached hydrogen (secondary N) is 1. The normalized spacial score (nSPS) is 11.2. The monoisotopic (exact) mass is 361 g/mol. The first kappa shape index (κ1) is 15.3. The summed E-state index contributed by atoms with van der Waals surface area (Å²) in [6, 6.07) is 9.10. The fourth-order valence-corrected chi connectivity index (χ4v) is 2.06. The number of nitrogen functional groups attached to an aromatic ring is 2. The molecule has 2 rings (SSSR count). The van der Waals surface area contributed by atoms with Gasteiger partial charge in [0.15, 0.2) is 0 Å². The molecule has 0 heterocycles. The summed E-state index contributed by atoms with van der Waals surface area (Å²) in [7, 11) is 0. The summed E-state index contributed by atoms with van der Waals surface area (Å²) in [4.78, 5) is 0. The fourth-order valence-electron chi connectivity index (χ4n) is 1.61. The summed E-state index contributed by atoms with van der Waals surface area (Å²) in [5.74, 6) is -0.315. The minimum absolute atomic E-state index is 0.174. The van der Waals surface area contributed by atoms with Crippen LogP contribution in [-0.4, -0.2) is 6.36 Å². The van der Waals surface area contributed by atoms with Crippen LogP contribution in [0.5, 0.6) is 5.75 Å². The molecule has 0 radical (unpaired) electrons. The molecule has 0 saturated heterocycles. The average Bonchev–Trinajstić information content (AvgIpc) is 2.36. The Balaban J connectivity index is 2.18. The number of ether oxygens (including phenoxy) is 1. The van der Waals surface area contributed by atoms with Gasteiger partial charge in [-0.25, -0.2) is 0 Å². The number of anilines is 4. The van der Waals surface area contributed by atoms with Crippen LogP contribution in [-0.2, 0) is 0 Å². The third-order valence-corrected chi connectivity index (χ3v) is 3.15. The molecule has 0 unspecified atom stereocenters. The van der Waals surface area contributed by atoms with Crippen LogP contribution >= 0.6 is 15.9 Å². The standard InChI is InChI=1S/C13H11BrF3N3O/c14-9-5-7(2-4-12(9)21-13(15,16)17)20-8-1-3-10(18)11(19)6-8/h1-6,20H,18-19H2. The summed E-state index contributed by atoms with van der Waals surface area (Å²) in [6.07, 6.45) is -4.73. The first-order valence-electron chi connectivity index (χ1n) is 5.72. The quantitative estimate of drug-likeness (QED) is 0.714. The van der Waals surface area contributed by atoms with Gasteiger partial charge in [0.2, 0.25) is 0 Å². The van der Waals surface area contributed by atoms with Gasteiger partial charge in [-0.15, -0.1) is 13.2 Å². The highest BCUT2D eigenvalue weighted by molar-refractivity contribution is 9.10. The van der Waals surface area contributed by atoms with Crippen LogP contribution in [0.3, 0.4) is 0 Å². The van der Waals surface area contributed by atoms with Gasteiger partial charge < -0.3 is 21.5 Å². The van der Waals surface area contributed by atoms with Crippen molar-refractivity contribution in [3.8, 4) is 5.75 Å². The zero-order valence-corrected chi connectivity index (χ0v) is 12.1. The number of hydrogen-bond acceptors (Lipinski definition) is 4. The molecule has 0 amide bonds. The lowest BCUT2D eigenvalue weighted by Crippen LogP contribution is -2.17. The number of nitrogens with two attached hydrogens (primary N) is 2. The minimum Gasteiger partial charge on any atom is -0.405 e. The molecule has 2 aromatic rings. The van der Waals surface area contributed by atoms with E-state index < -0.39 is 6.36 Å². The average molecular weight is 362 g/mol. The predicted molar refractivity (Wildman–Crippen MR) is 79.4 cm³/mol. The van der Waals surface area contributed by atoms with E-state index in [1.165, 1.54) is 18.2 Å². The molecule has 0 aliphatic carbocycles. The Morgan fingerprint density at radius 3 is 2.14 bits per heavy atom. The maximum Gasteiger partial charge on any atom is 0.573 e.